The van der Waals surface area contributed by atoms with Crippen molar-refractivity contribution in [2.45, 2.75) is 25.8 Å². The molecule has 2 aromatic rings. The zero-order valence-electron chi connectivity index (χ0n) is 10.8. The van der Waals surface area contributed by atoms with E-state index in [1.807, 2.05) is 0 Å². The molecule has 0 fully saturated rings. The molecule has 2 rings (SSSR count). The van der Waals surface area contributed by atoms with Crippen LogP contribution in [0.15, 0.2) is 24.3 Å². The summed E-state index contributed by atoms with van der Waals surface area (Å²) in [6, 6.07) is 6.69. The van der Waals surface area contributed by atoms with Crippen LogP contribution in [0, 0.1) is 5.82 Å². The molecule has 0 aliphatic rings. The van der Waals surface area contributed by atoms with Crippen molar-refractivity contribution in [1.82, 2.24) is 9.36 Å². The molecule has 102 valence electrons. The second-order valence-electron chi connectivity index (χ2n) is 4.44. The van der Waals surface area contributed by atoms with Gasteiger partial charge in [0.2, 0.25) is 5.13 Å². The Morgan fingerprint density at radius 1 is 1.37 bits per heavy atom. The van der Waals surface area contributed by atoms with Gasteiger partial charge in [-0.3, -0.25) is 0 Å². The number of benzene rings is 1. The standard InChI is InChI=1S/C13H17FN4S/c1-9(6-7-15)16-13-17-12(18-19-13)8-10-2-4-11(14)5-3-10/h2-5,9H,6-8,15H2,1H3,(H,16,17,18). The first-order chi connectivity index (χ1) is 9.17. The van der Waals surface area contributed by atoms with Gasteiger partial charge in [-0.2, -0.15) is 4.37 Å². The Morgan fingerprint density at radius 2 is 2.11 bits per heavy atom. The first kappa shape index (κ1) is 13.9. The number of halogens is 1. The van der Waals surface area contributed by atoms with Gasteiger partial charge >= 0.3 is 0 Å². The summed E-state index contributed by atoms with van der Waals surface area (Å²) in [6.45, 7) is 2.71. The number of hydrogen-bond donors (Lipinski definition) is 2. The van der Waals surface area contributed by atoms with Crippen LogP contribution in [0.2, 0.25) is 0 Å². The SMILES string of the molecule is CC(CCN)Nc1nc(Cc2ccc(F)cc2)ns1. The lowest BCUT2D eigenvalue weighted by atomic mass is 10.1. The summed E-state index contributed by atoms with van der Waals surface area (Å²) in [5.41, 5.74) is 6.50. The van der Waals surface area contributed by atoms with Crippen LogP contribution in [0.3, 0.4) is 0 Å². The molecule has 0 spiro atoms. The molecular formula is C13H17FN4S. The number of aromatic nitrogens is 2. The van der Waals surface area contributed by atoms with Crippen molar-refractivity contribution in [3.63, 3.8) is 0 Å². The summed E-state index contributed by atoms with van der Waals surface area (Å²) in [5.74, 6) is 0.520. The molecule has 0 aliphatic heterocycles. The maximum Gasteiger partial charge on any atom is 0.202 e. The molecule has 1 aromatic heterocycles. The van der Waals surface area contributed by atoms with Crippen molar-refractivity contribution in [1.29, 1.82) is 0 Å². The molecule has 19 heavy (non-hydrogen) atoms. The maximum atomic E-state index is 12.8. The fourth-order valence-corrected chi connectivity index (χ4v) is 2.40. The Balaban J connectivity index is 1.95. The lowest BCUT2D eigenvalue weighted by Gasteiger charge is -2.09. The van der Waals surface area contributed by atoms with E-state index in [1.54, 1.807) is 12.1 Å². The van der Waals surface area contributed by atoms with Crippen molar-refractivity contribution < 1.29 is 4.39 Å². The van der Waals surface area contributed by atoms with E-state index in [1.165, 1.54) is 23.7 Å². The third-order valence-electron chi connectivity index (χ3n) is 2.71. The molecule has 3 N–H and O–H groups in total. The Morgan fingerprint density at radius 3 is 2.79 bits per heavy atom. The van der Waals surface area contributed by atoms with E-state index >= 15 is 0 Å². The zero-order valence-corrected chi connectivity index (χ0v) is 11.6. The summed E-state index contributed by atoms with van der Waals surface area (Å²) < 4.78 is 17.1. The van der Waals surface area contributed by atoms with Crippen molar-refractivity contribution in [2.75, 3.05) is 11.9 Å². The summed E-state index contributed by atoms with van der Waals surface area (Å²) in [4.78, 5) is 4.41. The van der Waals surface area contributed by atoms with Crippen LogP contribution in [0.5, 0.6) is 0 Å². The molecule has 1 atom stereocenters. The first-order valence-corrected chi connectivity index (χ1v) is 6.98. The number of nitrogens with one attached hydrogen (secondary N) is 1. The molecule has 4 nitrogen and oxygen atoms in total. The van der Waals surface area contributed by atoms with Gasteiger partial charge in [-0.15, -0.1) is 0 Å². The maximum absolute atomic E-state index is 12.8. The van der Waals surface area contributed by atoms with Crippen LogP contribution >= 0.6 is 11.5 Å². The summed E-state index contributed by atoms with van der Waals surface area (Å²) >= 11 is 1.34. The van der Waals surface area contributed by atoms with E-state index < -0.39 is 0 Å². The van der Waals surface area contributed by atoms with E-state index in [0.29, 0.717) is 13.0 Å². The highest BCUT2D eigenvalue weighted by molar-refractivity contribution is 7.09. The van der Waals surface area contributed by atoms with Gasteiger partial charge in [0.15, 0.2) is 0 Å². The molecule has 0 radical (unpaired) electrons. The second kappa shape index (κ2) is 6.58. The van der Waals surface area contributed by atoms with Crippen LogP contribution < -0.4 is 11.1 Å². The van der Waals surface area contributed by atoms with Gasteiger partial charge in [-0.05, 0) is 37.6 Å². The van der Waals surface area contributed by atoms with E-state index in [2.05, 4.69) is 21.6 Å². The minimum atomic E-state index is -0.229. The van der Waals surface area contributed by atoms with Gasteiger partial charge in [0.25, 0.3) is 0 Å². The molecule has 0 aliphatic carbocycles. The van der Waals surface area contributed by atoms with Gasteiger partial charge < -0.3 is 11.1 Å². The number of nitrogens with zero attached hydrogens (tertiary/aromatic N) is 2. The number of rotatable bonds is 6. The van der Waals surface area contributed by atoms with Crippen LogP contribution in [-0.2, 0) is 6.42 Å². The lowest BCUT2D eigenvalue weighted by molar-refractivity contribution is 0.627. The average Bonchev–Trinajstić information content (AvgIpc) is 2.80. The first-order valence-electron chi connectivity index (χ1n) is 6.21. The van der Waals surface area contributed by atoms with Crippen molar-refractivity contribution >= 4 is 16.7 Å². The highest BCUT2D eigenvalue weighted by Crippen LogP contribution is 2.15. The fraction of sp³-hybridized carbons (Fsp3) is 0.385. The number of anilines is 1. The topological polar surface area (TPSA) is 63.8 Å². The highest BCUT2D eigenvalue weighted by Gasteiger charge is 2.07. The third-order valence-corrected chi connectivity index (χ3v) is 3.40. The smallest absolute Gasteiger partial charge is 0.202 e. The molecule has 0 amide bonds. The molecule has 6 heteroatoms. The predicted molar refractivity (Wildman–Crippen MR) is 75.9 cm³/mol. The molecule has 1 aromatic carbocycles. The van der Waals surface area contributed by atoms with Crippen molar-refractivity contribution in [2.24, 2.45) is 5.73 Å². The van der Waals surface area contributed by atoms with Gasteiger partial charge in [0, 0.05) is 24.0 Å². The van der Waals surface area contributed by atoms with Crippen molar-refractivity contribution in [3.05, 3.63) is 41.5 Å². The molecule has 0 saturated carbocycles. The number of hydrogen-bond acceptors (Lipinski definition) is 5. The van der Waals surface area contributed by atoms with Crippen LogP contribution in [0.25, 0.3) is 0 Å². The van der Waals surface area contributed by atoms with E-state index in [9.17, 15) is 4.39 Å². The van der Waals surface area contributed by atoms with Gasteiger partial charge in [0.1, 0.15) is 11.6 Å². The molecule has 1 unspecified atom stereocenters. The Bertz CT molecular complexity index is 512. The molecule has 1 heterocycles. The zero-order chi connectivity index (χ0) is 13.7. The van der Waals surface area contributed by atoms with Gasteiger partial charge in [-0.1, -0.05) is 12.1 Å². The Labute approximate surface area is 116 Å². The van der Waals surface area contributed by atoms with Crippen LogP contribution in [0.1, 0.15) is 24.7 Å². The fourth-order valence-electron chi connectivity index (χ4n) is 1.70. The predicted octanol–water partition coefficient (Wildman–Crippen LogP) is 2.42. The average molecular weight is 280 g/mol. The third kappa shape index (κ3) is 4.25. The van der Waals surface area contributed by atoms with E-state index in [0.717, 1.165) is 22.9 Å². The van der Waals surface area contributed by atoms with Gasteiger partial charge in [0.05, 0.1) is 0 Å². The highest BCUT2D eigenvalue weighted by atomic mass is 32.1. The minimum Gasteiger partial charge on any atom is -0.358 e. The van der Waals surface area contributed by atoms with Gasteiger partial charge in [-0.25, -0.2) is 9.37 Å². The lowest BCUT2D eigenvalue weighted by Crippen LogP contribution is -2.19. The molecular weight excluding hydrogens is 263 g/mol. The van der Waals surface area contributed by atoms with E-state index in [-0.39, 0.29) is 11.9 Å². The Hall–Kier alpha value is -1.53. The normalized spacial score (nSPS) is 12.4. The quantitative estimate of drug-likeness (QED) is 0.853. The van der Waals surface area contributed by atoms with Crippen LogP contribution in [0.4, 0.5) is 9.52 Å². The van der Waals surface area contributed by atoms with E-state index in [4.69, 9.17) is 5.73 Å². The summed E-state index contributed by atoms with van der Waals surface area (Å²) in [5, 5.41) is 4.07. The number of nitrogens with two attached hydrogens (primary N) is 1. The molecule has 0 bridgehead atoms. The largest absolute Gasteiger partial charge is 0.358 e. The minimum absolute atomic E-state index is 0.229. The summed E-state index contributed by atoms with van der Waals surface area (Å²) in [6.07, 6.45) is 1.51. The van der Waals surface area contributed by atoms with Crippen molar-refractivity contribution in [3.8, 4) is 0 Å². The monoisotopic (exact) mass is 280 g/mol. The molecule has 0 saturated heterocycles. The Kier molecular flexibility index (Phi) is 4.81. The van der Waals surface area contributed by atoms with Crippen LogP contribution in [-0.4, -0.2) is 21.9 Å². The summed E-state index contributed by atoms with van der Waals surface area (Å²) in [7, 11) is 0. The second-order valence-corrected chi connectivity index (χ2v) is 5.19.